The molecule has 2 aromatic rings. The summed E-state index contributed by atoms with van der Waals surface area (Å²) in [5.74, 6) is 1.22. The Morgan fingerprint density at radius 3 is 2.37 bits per heavy atom. The Morgan fingerprint density at radius 1 is 1.00 bits per heavy atom. The number of unbranched alkanes of at least 4 members (excludes halogenated alkanes) is 2. The first-order valence-corrected chi connectivity index (χ1v) is 13.5. The number of benzene rings is 2. The monoisotopic (exact) mass is 480 g/mol. The fourth-order valence-corrected chi connectivity index (χ4v) is 5.37. The number of methoxy groups -OCH3 is 1. The molecule has 0 aromatic heterocycles. The molecule has 0 saturated heterocycles. The van der Waals surface area contributed by atoms with E-state index < -0.39 is 12.6 Å². The average molecular weight is 481 g/mol. The van der Waals surface area contributed by atoms with E-state index in [1.165, 1.54) is 74.1 Å². The highest BCUT2D eigenvalue weighted by Crippen LogP contribution is 2.34. The van der Waals surface area contributed by atoms with Crippen molar-refractivity contribution in [3.8, 4) is 0 Å². The largest absolute Gasteiger partial charge is 0.462 e. The van der Waals surface area contributed by atoms with Crippen LogP contribution in [0.3, 0.4) is 0 Å². The van der Waals surface area contributed by atoms with Gasteiger partial charge in [0.1, 0.15) is 6.61 Å². The summed E-state index contributed by atoms with van der Waals surface area (Å²) < 4.78 is 10.7. The molecule has 192 valence electrons. The molecule has 0 radical (unpaired) electrons. The molecular weight excluding hydrogens is 436 g/mol. The summed E-state index contributed by atoms with van der Waals surface area (Å²) in [5.41, 5.74) is 2.55. The van der Waals surface area contributed by atoms with E-state index in [0.29, 0.717) is 6.61 Å². The summed E-state index contributed by atoms with van der Waals surface area (Å²) in [7, 11) is 1.65. The summed E-state index contributed by atoms with van der Waals surface area (Å²) in [4.78, 5) is 11.9. The maximum Gasteiger partial charge on any atom is 0.335 e. The predicted molar refractivity (Wildman–Crippen MR) is 144 cm³/mol. The average Bonchev–Trinajstić information content (AvgIpc) is 2.89. The Labute approximate surface area is 211 Å². The minimum Gasteiger partial charge on any atom is -0.462 e. The zero-order chi connectivity index (χ0) is 25.0. The van der Waals surface area contributed by atoms with Crippen molar-refractivity contribution < 1.29 is 19.4 Å². The van der Waals surface area contributed by atoms with Gasteiger partial charge in [0, 0.05) is 13.0 Å². The van der Waals surface area contributed by atoms with Gasteiger partial charge in [0.05, 0.1) is 18.8 Å². The van der Waals surface area contributed by atoms with Crippen LogP contribution in [0, 0.1) is 11.8 Å². The molecule has 1 aliphatic rings. The third-order valence-corrected chi connectivity index (χ3v) is 7.69. The number of carbonyl (C=O) groups excluding carboxylic acids is 1. The van der Waals surface area contributed by atoms with Crippen LogP contribution >= 0.6 is 0 Å². The maximum atomic E-state index is 11.9. The number of carbonyl (C=O) groups is 1. The molecule has 4 heteroatoms. The Hall–Kier alpha value is -2.17. The summed E-state index contributed by atoms with van der Waals surface area (Å²) in [6.45, 7) is 6.06. The smallest absolute Gasteiger partial charge is 0.335 e. The zero-order valence-electron chi connectivity index (χ0n) is 21.8. The van der Waals surface area contributed by atoms with E-state index in [-0.39, 0.29) is 18.1 Å². The molecule has 1 atom stereocenters. The Balaban J connectivity index is 1.54. The molecule has 1 aliphatic carbocycles. The lowest BCUT2D eigenvalue weighted by molar-refractivity contribution is -0.140. The van der Waals surface area contributed by atoms with Gasteiger partial charge in [0.15, 0.2) is 0 Å². The summed E-state index contributed by atoms with van der Waals surface area (Å²) in [5, 5.41) is 11.5. The number of esters is 1. The van der Waals surface area contributed by atoms with Gasteiger partial charge >= 0.3 is 5.97 Å². The number of aliphatic hydroxyl groups is 1. The van der Waals surface area contributed by atoms with Gasteiger partial charge in [0.25, 0.3) is 0 Å². The summed E-state index contributed by atoms with van der Waals surface area (Å²) in [6.07, 6.45) is 13.7. The van der Waals surface area contributed by atoms with Gasteiger partial charge in [-0.25, -0.2) is 4.79 Å². The molecule has 35 heavy (non-hydrogen) atoms. The van der Waals surface area contributed by atoms with Gasteiger partial charge < -0.3 is 14.6 Å². The number of ether oxygens (including phenoxy) is 2. The Bertz CT molecular complexity index is 942. The lowest BCUT2D eigenvalue weighted by atomic mass is 9.77. The highest BCUT2D eigenvalue weighted by atomic mass is 16.5. The van der Waals surface area contributed by atoms with Crippen LogP contribution in [0.4, 0.5) is 0 Å². The van der Waals surface area contributed by atoms with E-state index in [1.807, 2.05) is 0 Å². The summed E-state index contributed by atoms with van der Waals surface area (Å²) in [6, 6.07) is 13.2. The van der Waals surface area contributed by atoms with Gasteiger partial charge in [-0.3, -0.25) is 0 Å². The second kappa shape index (κ2) is 14.4. The third kappa shape index (κ3) is 8.47. The first-order valence-electron chi connectivity index (χ1n) is 13.5. The fraction of sp³-hybridized carbons (Fsp3) is 0.581. The first kappa shape index (κ1) is 27.4. The van der Waals surface area contributed by atoms with Gasteiger partial charge in [-0.2, -0.15) is 0 Å². The molecule has 0 aliphatic heterocycles. The van der Waals surface area contributed by atoms with Crippen LogP contribution in [0.1, 0.15) is 81.8 Å². The maximum absolute atomic E-state index is 11.9. The highest BCUT2D eigenvalue weighted by molar-refractivity contribution is 5.88. The van der Waals surface area contributed by atoms with E-state index in [0.717, 1.165) is 23.8 Å². The van der Waals surface area contributed by atoms with Crippen molar-refractivity contribution in [2.45, 2.75) is 77.0 Å². The van der Waals surface area contributed by atoms with E-state index in [9.17, 15) is 4.79 Å². The molecule has 1 unspecified atom stereocenters. The van der Waals surface area contributed by atoms with Gasteiger partial charge in [-0.1, -0.05) is 101 Å². The molecule has 4 nitrogen and oxygen atoms in total. The van der Waals surface area contributed by atoms with Crippen molar-refractivity contribution in [1.29, 1.82) is 0 Å². The molecule has 0 amide bonds. The molecule has 0 bridgehead atoms. The van der Waals surface area contributed by atoms with Crippen LogP contribution < -0.4 is 0 Å². The molecule has 3 rings (SSSR count). The minimum atomic E-state index is -0.566. The molecule has 0 heterocycles. The Morgan fingerprint density at radius 2 is 1.69 bits per heavy atom. The molecule has 1 N–H and O–H groups in total. The molecule has 1 fully saturated rings. The van der Waals surface area contributed by atoms with Crippen molar-refractivity contribution in [3.63, 3.8) is 0 Å². The van der Waals surface area contributed by atoms with Gasteiger partial charge in [0.2, 0.25) is 0 Å². The van der Waals surface area contributed by atoms with E-state index in [4.69, 9.17) is 14.6 Å². The lowest BCUT2D eigenvalue weighted by Crippen LogP contribution is -2.18. The van der Waals surface area contributed by atoms with Crippen molar-refractivity contribution in [2.75, 3.05) is 26.9 Å². The Kier molecular flexibility index (Phi) is 11.3. The number of rotatable bonds is 14. The normalized spacial score (nSPS) is 18.9. The lowest BCUT2D eigenvalue weighted by Gasteiger charge is -2.28. The number of aryl methyl sites for hydroxylation is 1. The van der Waals surface area contributed by atoms with E-state index in [2.05, 4.69) is 49.9 Å². The number of hydrogen-bond donors (Lipinski definition) is 1. The standard InChI is InChI=1S/C31H44O4/c1-4-5-6-7-24-8-10-25(11-9-24)12-13-26-14-15-28-19-29(17-16-27(28)18-26)30(21-34-3)22-35-31(33)23(2)20-32/h14-19,24-25,30,32H,2,4-13,20-22H2,1,3H3. The van der Waals surface area contributed by atoms with Crippen LogP contribution in [0.2, 0.25) is 0 Å². The topological polar surface area (TPSA) is 55.8 Å². The van der Waals surface area contributed by atoms with Crippen LogP contribution in [0.5, 0.6) is 0 Å². The zero-order valence-corrected chi connectivity index (χ0v) is 21.8. The van der Waals surface area contributed by atoms with Gasteiger partial charge in [-0.15, -0.1) is 0 Å². The molecular formula is C31H44O4. The second-order valence-corrected chi connectivity index (χ2v) is 10.4. The number of fused-ring (bicyclic) bond motifs is 1. The van der Waals surface area contributed by atoms with E-state index in [1.54, 1.807) is 7.11 Å². The number of aliphatic hydroxyl groups excluding tert-OH is 1. The molecule has 2 aromatic carbocycles. The van der Waals surface area contributed by atoms with Crippen LogP contribution in [-0.4, -0.2) is 38.0 Å². The van der Waals surface area contributed by atoms with Crippen molar-refractivity contribution in [3.05, 3.63) is 59.7 Å². The highest BCUT2D eigenvalue weighted by Gasteiger charge is 2.21. The fourth-order valence-electron chi connectivity index (χ4n) is 5.37. The second-order valence-electron chi connectivity index (χ2n) is 10.4. The third-order valence-electron chi connectivity index (χ3n) is 7.69. The predicted octanol–water partition coefficient (Wildman–Crippen LogP) is 6.98. The molecule has 1 saturated carbocycles. The van der Waals surface area contributed by atoms with Crippen molar-refractivity contribution in [1.82, 2.24) is 0 Å². The van der Waals surface area contributed by atoms with Crippen LogP contribution in [0.25, 0.3) is 10.8 Å². The van der Waals surface area contributed by atoms with Gasteiger partial charge in [-0.05, 0) is 46.6 Å². The molecule has 0 spiro atoms. The van der Waals surface area contributed by atoms with Crippen LogP contribution in [-0.2, 0) is 20.7 Å². The number of hydrogen-bond acceptors (Lipinski definition) is 4. The van der Waals surface area contributed by atoms with Crippen molar-refractivity contribution >= 4 is 16.7 Å². The summed E-state index contributed by atoms with van der Waals surface area (Å²) >= 11 is 0. The first-order chi connectivity index (χ1) is 17.0. The van der Waals surface area contributed by atoms with Crippen molar-refractivity contribution in [2.24, 2.45) is 11.8 Å². The van der Waals surface area contributed by atoms with Crippen LogP contribution in [0.15, 0.2) is 48.6 Å². The van der Waals surface area contributed by atoms with E-state index >= 15 is 0 Å². The SMILES string of the molecule is C=C(CO)C(=O)OCC(COC)c1ccc2cc(CCC3CCC(CCCCC)CC3)ccc2c1. The minimum absolute atomic E-state index is 0.0622. The quantitative estimate of drug-likeness (QED) is 0.180.